The molecule has 1 fully saturated rings. The number of carboxylic acids is 1. The van der Waals surface area contributed by atoms with Gasteiger partial charge in [-0.3, -0.25) is 4.79 Å². The van der Waals surface area contributed by atoms with Crippen LogP contribution in [0.3, 0.4) is 0 Å². The lowest BCUT2D eigenvalue weighted by atomic mass is 10.0. The lowest BCUT2D eigenvalue weighted by Crippen LogP contribution is -2.46. The molecule has 0 bridgehead atoms. The van der Waals surface area contributed by atoms with E-state index in [1.165, 1.54) is 0 Å². The van der Waals surface area contributed by atoms with Gasteiger partial charge in [-0.25, -0.2) is 13.2 Å². The average Bonchev–Trinajstić information content (AvgIpc) is 2.90. The molecule has 1 aromatic rings. The normalized spacial score (nSPS) is 19.9. The highest BCUT2D eigenvalue weighted by Crippen LogP contribution is 2.19. The lowest BCUT2D eigenvalue weighted by molar-refractivity contribution is -0.137. The number of amides is 2. The first kappa shape index (κ1) is 19.2. The first-order valence-corrected chi connectivity index (χ1v) is 10.1. The molecule has 2 unspecified atom stereocenters. The number of benzene rings is 1. The fourth-order valence-corrected chi connectivity index (χ4v) is 4.72. The minimum Gasteiger partial charge on any atom is -0.481 e. The Balaban J connectivity index is 1.88. The van der Waals surface area contributed by atoms with Gasteiger partial charge in [0.2, 0.25) is 0 Å². The predicted molar refractivity (Wildman–Crippen MR) is 94.1 cm³/mol. The molecule has 1 aromatic carbocycles. The van der Waals surface area contributed by atoms with E-state index in [4.69, 9.17) is 5.11 Å². The molecule has 7 nitrogen and oxygen atoms in total. The van der Waals surface area contributed by atoms with E-state index < -0.39 is 27.1 Å². The second-order valence-electron chi connectivity index (χ2n) is 6.30. The number of sulfone groups is 1. The van der Waals surface area contributed by atoms with Crippen LogP contribution in [0, 0.1) is 0 Å². The van der Waals surface area contributed by atoms with Crippen LogP contribution in [0.15, 0.2) is 30.3 Å². The summed E-state index contributed by atoms with van der Waals surface area (Å²) in [5.74, 6) is -0.742. The van der Waals surface area contributed by atoms with E-state index in [0.29, 0.717) is 25.7 Å². The van der Waals surface area contributed by atoms with Gasteiger partial charge in [0.15, 0.2) is 9.84 Å². The second kappa shape index (κ2) is 8.84. The zero-order valence-electron chi connectivity index (χ0n) is 14.0. The molecule has 138 valence electrons. The molecular weight excluding hydrogens is 344 g/mol. The zero-order valence-corrected chi connectivity index (χ0v) is 14.8. The smallest absolute Gasteiger partial charge is 0.315 e. The number of aliphatic carboxylic acids is 1. The maximum atomic E-state index is 12.1. The monoisotopic (exact) mass is 368 g/mol. The van der Waals surface area contributed by atoms with Crippen LogP contribution in [0.4, 0.5) is 4.79 Å². The van der Waals surface area contributed by atoms with Crippen molar-refractivity contribution in [2.24, 2.45) is 0 Å². The second-order valence-corrected chi connectivity index (χ2v) is 8.71. The topological polar surface area (TPSA) is 113 Å². The summed E-state index contributed by atoms with van der Waals surface area (Å²) < 4.78 is 23.6. The summed E-state index contributed by atoms with van der Waals surface area (Å²) in [6, 6.07) is 8.69. The van der Waals surface area contributed by atoms with Gasteiger partial charge in [0.05, 0.1) is 11.0 Å². The molecular formula is C17H24N2O5S. The van der Waals surface area contributed by atoms with Gasteiger partial charge in [-0.05, 0) is 31.2 Å². The summed E-state index contributed by atoms with van der Waals surface area (Å²) in [4.78, 5) is 22.9. The largest absolute Gasteiger partial charge is 0.481 e. The quantitative estimate of drug-likeness (QED) is 0.641. The number of hydrogen-bond donors (Lipinski definition) is 3. The van der Waals surface area contributed by atoms with E-state index in [1.54, 1.807) is 0 Å². The van der Waals surface area contributed by atoms with E-state index in [0.717, 1.165) is 5.56 Å². The van der Waals surface area contributed by atoms with Crippen molar-refractivity contribution in [3.8, 4) is 0 Å². The number of nitrogens with one attached hydrogen (secondary N) is 2. The van der Waals surface area contributed by atoms with Crippen LogP contribution < -0.4 is 10.6 Å². The SMILES string of the molecule is O=C(O)CCC(Cc1ccccc1)NC(=O)NCC1CCCS1(=O)=O. The molecule has 0 saturated carbocycles. The van der Waals surface area contributed by atoms with Crippen LogP contribution in [0.5, 0.6) is 0 Å². The highest BCUT2D eigenvalue weighted by Gasteiger charge is 2.31. The standard InChI is InChI=1S/C17H24N2O5S/c20-16(21)9-8-14(11-13-5-2-1-3-6-13)19-17(22)18-12-15-7-4-10-25(15,23)24/h1-3,5-6,14-15H,4,7-12H2,(H,20,21)(H2,18,19,22). The molecule has 1 aliphatic heterocycles. The summed E-state index contributed by atoms with van der Waals surface area (Å²) in [7, 11) is -3.10. The number of urea groups is 1. The van der Waals surface area contributed by atoms with Gasteiger partial charge in [0.25, 0.3) is 0 Å². The summed E-state index contributed by atoms with van der Waals surface area (Å²) in [5, 5.41) is 13.7. The average molecular weight is 368 g/mol. The van der Waals surface area contributed by atoms with Gasteiger partial charge in [-0.1, -0.05) is 30.3 Å². The number of carbonyl (C=O) groups is 2. The number of carbonyl (C=O) groups excluding carboxylic acids is 1. The molecule has 25 heavy (non-hydrogen) atoms. The maximum absolute atomic E-state index is 12.1. The van der Waals surface area contributed by atoms with Crippen LogP contribution in [0.1, 0.15) is 31.2 Å². The zero-order chi connectivity index (χ0) is 18.3. The fourth-order valence-electron chi connectivity index (χ4n) is 2.95. The van der Waals surface area contributed by atoms with Crippen LogP contribution in [-0.4, -0.2) is 49.1 Å². The van der Waals surface area contributed by atoms with E-state index in [1.807, 2.05) is 30.3 Å². The van der Waals surface area contributed by atoms with Crippen molar-refractivity contribution in [1.82, 2.24) is 10.6 Å². The Hall–Kier alpha value is -2.09. The van der Waals surface area contributed by atoms with Gasteiger partial charge in [0.1, 0.15) is 0 Å². The third-order valence-corrected chi connectivity index (χ3v) is 6.60. The molecule has 1 aliphatic rings. The van der Waals surface area contributed by atoms with Crippen LogP contribution in [-0.2, 0) is 21.1 Å². The lowest BCUT2D eigenvalue weighted by Gasteiger charge is -2.19. The predicted octanol–water partition coefficient (Wildman–Crippen LogP) is 1.34. The van der Waals surface area contributed by atoms with Gasteiger partial charge in [-0.15, -0.1) is 0 Å². The molecule has 2 atom stereocenters. The van der Waals surface area contributed by atoms with E-state index in [2.05, 4.69) is 10.6 Å². The van der Waals surface area contributed by atoms with Crippen molar-refractivity contribution in [3.05, 3.63) is 35.9 Å². The van der Waals surface area contributed by atoms with Crippen molar-refractivity contribution in [2.45, 2.75) is 43.4 Å². The van der Waals surface area contributed by atoms with Crippen LogP contribution >= 0.6 is 0 Å². The maximum Gasteiger partial charge on any atom is 0.315 e. The fraction of sp³-hybridized carbons (Fsp3) is 0.529. The molecule has 2 rings (SSSR count). The Bertz CT molecular complexity index is 690. The highest BCUT2D eigenvalue weighted by molar-refractivity contribution is 7.92. The number of rotatable bonds is 8. The minimum absolute atomic E-state index is 0.0468. The van der Waals surface area contributed by atoms with Gasteiger partial charge in [0, 0.05) is 19.0 Å². The molecule has 1 saturated heterocycles. The Kier molecular flexibility index (Phi) is 6.81. The van der Waals surface area contributed by atoms with Gasteiger partial charge >= 0.3 is 12.0 Å². The first-order chi connectivity index (χ1) is 11.9. The summed E-state index contributed by atoms with van der Waals surface area (Å²) in [5.41, 5.74) is 0.997. The van der Waals surface area contributed by atoms with E-state index in [9.17, 15) is 18.0 Å². The van der Waals surface area contributed by atoms with Crippen molar-refractivity contribution < 1.29 is 23.1 Å². The Morgan fingerprint density at radius 3 is 2.56 bits per heavy atom. The Morgan fingerprint density at radius 1 is 1.24 bits per heavy atom. The molecule has 1 heterocycles. The summed E-state index contributed by atoms with van der Waals surface area (Å²) >= 11 is 0. The van der Waals surface area contributed by atoms with Crippen LogP contribution in [0.25, 0.3) is 0 Å². The van der Waals surface area contributed by atoms with Gasteiger partial charge < -0.3 is 15.7 Å². The molecule has 0 radical (unpaired) electrons. The summed E-state index contributed by atoms with van der Waals surface area (Å²) in [6.07, 6.45) is 1.97. The molecule has 3 N–H and O–H groups in total. The number of carboxylic acid groups (broad SMARTS) is 1. The highest BCUT2D eigenvalue weighted by atomic mass is 32.2. The van der Waals surface area contributed by atoms with Crippen molar-refractivity contribution in [2.75, 3.05) is 12.3 Å². The van der Waals surface area contributed by atoms with Gasteiger partial charge in [-0.2, -0.15) is 0 Å². The van der Waals surface area contributed by atoms with E-state index >= 15 is 0 Å². The molecule has 2 amide bonds. The van der Waals surface area contributed by atoms with Crippen molar-refractivity contribution >= 4 is 21.8 Å². The Morgan fingerprint density at radius 2 is 1.96 bits per heavy atom. The van der Waals surface area contributed by atoms with E-state index in [-0.39, 0.29) is 24.8 Å². The number of hydrogen-bond acceptors (Lipinski definition) is 4. The third kappa shape index (κ3) is 6.38. The van der Waals surface area contributed by atoms with Crippen molar-refractivity contribution in [3.63, 3.8) is 0 Å². The molecule has 0 spiro atoms. The molecule has 0 aliphatic carbocycles. The third-order valence-electron chi connectivity index (χ3n) is 4.32. The summed E-state index contributed by atoms with van der Waals surface area (Å²) in [6.45, 7) is 0.0884. The Labute approximate surface area is 147 Å². The molecule has 8 heteroatoms. The van der Waals surface area contributed by atoms with Crippen molar-refractivity contribution in [1.29, 1.82) is 0 Å². The van der Waals surface area contributed by atoms with Crippen LogP contribution in [0.2, 0.25) is 0 Å². The minimum atomic E-state index is -3.10. The molecule has 0 aromatic heterocycles. The first-order valence-electron chi connectivity index (χ1n) is 8.38.